The second kappa shape index (κ2) is 8.20. The summed E-state index contributed by atoms with van der Waals surface area (Å²) in [5.41, 5.74) is 0.484. The van der Waals surface area contributed by atoms with E-state index in [4.69, 9.17) is 11.6 Å². The Bertz CT molecular complexity index is 826. The third kappa shape index (κ3) is 4.08. The number of carbonyl (C=O) groups excluding carboxylic acids is 2. The van der Waals surface area contributed by atoms with Gasteiger partial charge < -0.3 is 15.7 Å². The van der Waals surface area contributed by atoms with Gasteiger partial charge in [-0.05, 0) is 40.9 Å². The van der Waals surface area contributed by atoms with Crippen LogP contribution >= 0.6 is 27.5 Å². The van der Waals surface area contributed by atoms with Gasteiger partial charge in [-0.1, -0.05) is 36.6 Å². The van der Waals surface area contributed by atoms with Crippen LogP contribution in [0.2, 0.25) is 5.02 Å². The second-order valence-corrected chi connectivity index (χ2v) is 7.33. The molecule has 0 spiro atoms. The first-order valence-corrected chi connectivity index (χ1v) is 9.43. The molecule has 3 rings (SSSR count). The highest BCUT2D eigenvalue weighted by molar-refractivity contribution is 9.10. The number of hydrogen-bond acceptors (Lipinski definition) is 4. The molecule has 9 heteroatoms. The van der Waals surface area contributed by atoms with Gasteiger partial charge in [-0.15, -0.1) is 0 Å². The number of halogens is 2. The van der Waals surface area contributed by atoms with Gasteiger partial charge >= 0.3 is 0 Å². The number of nitrogens with zero attached hydrogens (tertiary/aromatic N) is 1. The number of hydrogen-bond donors (Lipinski definition) is 4. The summed E-state index contributed by atoms with van der Waals surface area (Å²) in [4.78, 5) is 24.8. The summed E-state index contributed by atoms with van der Waals surface area (Å²) in [5, 5.41) is 22.3. The van der Waals surface area contributed by atoms with E-state index in [9.17, 15) is 14.7 Å². The second-order valence-electron chi connectivity index (χ2n) is 6.13. The molecule has 1 heterocycles. The molecule has 0 saturated heterocycles. The molecule has 1 saturated carbocycles. The molecule has 1 aromatic heterocycles. The third-order valence-corrected chi connectivity index (χ3v) is 5.43. The standard InChI is InChI=1S/C17H18BrClN4O3/c18-13-14(17(26)20-11-7-3-4-8-12(11)24)22-23-15(13)21-16(25)9-5-1-2-6-10(9)19/h1-2,5-6,11-12,24H,3-4,7-8H2,(H,20,26)(H2,21,22,23,25). The largest absolute Gasteiger partial charge is 0.391 e. The Balaban J connectivity index is 1.70. The van der Waals surface area contributed by atoms with Gasteiger partial charge in [-0.25, -0.2) is 0 Å². The van der Waals surface area contributed by atoms with E-state index < -0.39 is 17.9 Å². The predicted molar refractivity (Wildman–Crippen MR) is 101 cm³/mol. The van der Waals surface area contributed by atoms with Gasteiger partial charge in [0.2, 0.25) is 0 Å². The van der Waals surface area contributed by atoms with Crippen molar-refractivity contribution in [3.05, 3.63) is 45.0 Å². The van der Waals surface area contributed by atoms with E-state index in [0.717, 1.165) is 19.3 Å². The Hall–Kier alpha value is -1.90. The number of carbonyl (C=O) groups is 2. The number of aromatic nitrogens is 2. The lowest BCUT2D eigenvalue weighted by atomic mass is 9.92. The monoisotopic (exact) mass is 440 g/mol. The zero-order valence-electron chi connectivity index (χ0n) is 13.8. The van der Waals surface area contributed by atoms with Gasteiger partial charge in [0.1, 0.15) is 5.69 Å². The first kappa shape index (κ1) is 18.9. The number of aromatic amines is 1. The van der Waals surface area contributed by atoms with Crippen molar-refractivity contribution in [2.75, 3.05) is 5.32 Å². The molecule has 1 aliphatic carbocycles. The molecule has 2 unspecified atom stereocenters. The minimum Gasteiger partial charge on any atom is -0.391 e. The molecule has 4 N–H and O–H groups in total. The quantitative estimate of drug-likeness (QED) is 0.585. The van der Waals surface area contributed by atoms with Crippen LogP contribution in [0, 0.1) is 0 Å². The number of anilines is 1. The molecule has 1 fully saturated rings. The van der Waals surface area contributed by atoms with E-state index in [0.29, 0.717) is 21.5 Å². The van der Waals surface area contributed by atoms with E-state index in [2.05, 4.69) is 36.8 Å². The van der Waals surface area contributed by atoms with Crippen molar-refractivity contribution in [1.29, 1.82) is 0 Å². The summed E-state index contributed by atoms with van der Waals surface area (Å²) in [5.74, 6) is -0.643. The van der Waals surface area contributed by atoms with Crippen LogP contribution in [0.15, 0.2) is 28.7 Å². The van der Waals surface area contributed by atoms with Crippen LogP contribution in [0.4, 0.5) is 5.82 Å². The van der Waals surface area contributed by atoms with Crippen LogP contribution < -0.4 is 10.6 Å². The molecule has 0 aliphatic heterocycles. The van der Waals surface area contributed by atoms with Crippen molar-refractivity contribution in [3.63, 3.8) is 0 Å². The van der Waals surface area contributed by atoms with Crippen LogP contribution in [-0.4, -0.2) is 39.3 Å². The summed E-state index contributed by atoms with van der Waals surface area (Å²) in [7, 11) is 0. The minimum atomic E-state index is -0.547. The van der Waals surface area contributed by atoms with Gasteiger partial charge in [0.25, 0.3) is 11.8 Å². The Morgan fingerprint density at radius 2 is 1.96 bits per heavy atom. The molecule has 1 aromatic carbocycles. The third-order valence-electron chi connectivity index (χ3n) is 4.33. The van der Waals surface area contributed by atoms with Crippen molar-refractivity contribution in [2.45, 2.75) is 37.8 Å². The molecular weight excluding hydrogens is 424 g/mol. The highest BCUT2D eigenvalue weighted by Gasteiger charge is 2.27. The fraction of sp³-hybridized carbons (Fsp3) is 0.353. The molecule has 2 atom stereocenters. The molecule has 2 amide bonds. The van der Waals surface area contributed by atoms with Crippen molar-refractivity contribution >= 4 is 45.2 Å². The summed E-state index contributed by atoms with van der Waals surface area (Å²) in [6, 6.07) is 6.36. The lowest BCUT2D eigenvalue weighted by Crippen LogP contribution is -2.45. The molecule has 7 nitrogen and oxygen atoms in total. The Kier molecular flexibility index (Phi) is 5.95. The summed E-state index contributed by atoms with van der Waals surface area (Å²) < 4.78 is 0.334. The van der Waals surface area contributed by atoms with Gasteiger partial charge in [-0.3, -0.25) is 14.7 Å². The van der Waals surface area contributed by atoms with Gasteiger partial charge in [0, 0.05) is 0 Å². The van der Waals surface area contributed by atoms with Crippen LogP contribution in [0.5, 0.6) is 0 Å². The zero-order valence-corrected chi connectivity index (χ0v) is 16.1. The maximum absolute atomic E-state index is 12.4. The van der Waals surface area contributed by atoms with Crippen LogP contribution in [0.25, 0.3) is 0 Å². The lowest BCUT2D eigenvalue weighted by molar-refractivity contribution is 0.0713. The van der Waals surface area contributed by atoms with Crippen molar-refractivity contribution in [2.24, 2.45) is 0 Å². The fourth-order valence-electron chi connectivity index (χ4n) is 2.90. The van der Waals surface area contributed by atoms with E-state index in [1.807, 2.05) is 0 Å². The number of nitrogens with one attached hydrogen (secondary N) is 3. The average molecular weight is 442 g/mol. The normalized spacial score (nSPS) is 19.8. The van der Waals surface area contributed by atoms with Crippen molar-refractivity contribution < 1.29 is 14.7 Å². The van der Waals surface area contributed by atoms with Gasteiger partial charge in [0.05, 0.1) is 27.2 Å². The zero-order chi connectivity index (χ0) is 18.7. The van der Waals surface area contributed by atoms with Crippen molar-refractivity contribution in [1.82, 2.24) is 15.5 Å². The number of aliphatic hydroxyl groups is 1. The SMILES string of the molecule is O=C(Nc1n[nH]c(C(=O)NC2CCCCC2O)c1Br)c1ccccc1Cl. The Morgan fingerprint density at radius 3 is 2.69 bits per heavy atom. The molecule has 1 aliphatic rings. The number of H-pyrrole nitrogens is 1. The highest BCUT2D eigenvalue weighted by Crippen LogP contribution is 2.26. The molecule has 0 radical (unpaired) electrons. The Morgan fingerprint density at radius 1 is 1.23 bits per heavy atom. The highest BCUT2D eigenvalue weighted by atomic mass is 79.9. The van der Waals surface area contributed by atoms with Crippen molar-refractivity contribution in [3.8, 4) is 0 Å². The maximum atomic E-state index is 12.4. The van der Waals surface area contributed by atoms with Crippen LogP contribution in [-0.2, 0) is 0 Å². The number of benzene rings is 1. The first-order valence-electron chi connectivity index (χ1n) is 8.26. The average Bonchev–Trinajstić information content (AvgIpc) is 2.98. The minimum absolute atomic E-state index is 0.178. The molecule has 138 valence electrons. The first-order chi connectivity index (χ1) is 12.5. The maximum Gasteiger partial charge on any atom is 0.270 e. The van der Waals surface area contributed by atoms with E-state index in [1.165, 1.54) is 0 Å². The predicted octanol–water partition coefficient (Wildman–Crippen LogP) is 3.11. The summed E-state index contributed by atoms with van der Waals surface area (Å²) >= 11 is 9.30. The summed E-state index contributed by atoms with van der Waals surface area (Å²) in [6.45, 7) is 0. The van der Waals surface area contributed by atoms with Crippen LogP contribution in [0.1, 0.15) is 46.5 Å². The van der Waals surface area contributed by atoms with E-state index >= 15 is 0 Å². The number of aliphatic hydroxyl groups excluding tert-OH is 1. The van der Waals surface area contributed by atoms with E-state index in [1.54, 1.807) is 24.3 Å². The number of rotatable bonds is 4. The van der Waals surface area contributed by atoms with Gasteiger partial charge in [0.15, 0.2) is 5.82 Å². The lowest BCUT2D eigenvalue weighted by Gasteiger charge is -2.28. The van der Waals surface area contributed by atoms with Gasteiger partial charge in [-0.2, -0.15) is 5.10 Å². The molecule has 2 aromatic rings. The molecule has 26 heavy (non-hydrogen) atoms. The van der Waals surface area contributed by atoms with E-state index in [-0.39, 0.29) is 17.6 Å². The fourth-order valence-corrected chi connectivity index (χ4v) is 3.58. The van der Waals surface area contributed by atoms with Crippen LogP contribution in [0.3, 0.4) is 0 Å². The smallest absolute Gasteiger partial charge is 0.270 e. The Labute approximate surface area is 163 Å². The summed E-state index contributed by atoms with van der Waals surface area (Å²) in [6.07, 6.45) is 2.78. The molecule has 0 bridgehead atoms. The topological polar surface area (TPSA) is 107 Å². The number of amides is 2. The molecular formula is C17H18BrClN4O3.